The van der Waals surface area contributed by atoms with Crippen LogP contribution >= 0.6 is 0 Å². The lowest BCUT2D eigenvalue weighted by atomic mass is 10.3. The zero-order chi connectivity index (χ0) is 14.0. The van der Waals surface area contributed by atoms with Gasteiger partial charge in [-0.05, 0) is 19.9 Å². The van der Waals surface area contributed by atoms with Crippen molar-refractivity contribution < 1.29 is 4.79 Å². The van der Waals surface area contributed by atoms with Gasteiger partial charge in [0, 0.05) is 38.9 Å². The highest BCUT2D eigenvalue weighted by atomic mass is 16.2. The van der Waals surface area contributed by atoms with E-state index in [0.29, 0.717) is 12.2 Å². The molecule has 2 rings (SSSR count). The highest BCUT2D eigenvalue weighted by Gasteiger charge is 2.17. The van der Waals surface area contributed by atoms with Crippen LogP contribution < -0.4 is 0 Å². The van der Waals surface area contributed by atoms with Crippen LogP contribution in [-0.4, -0.2) is 37.4 Å². The first-order chi connectivity index (χ1) is 9.01. The predicted octanol–water partition coefficient (Wildman–Crippen LogP) is 1.22. The summed E-state index contributed by atoms with van der Waals surface area (Å²) in [6.07, 6.45) is 3.75. The molecule has 0 atom stereocenters. The average Bonchev–Trinajstić information content (AvgIpc) is 2.94. The average molecular weight is 261 g/mol. The van der Waals surface area contributed by atoms with Crippen LogP contribution in [0.1, 0.15) is 28.7 Å². The largest absolute Gasteiger partial charge is 0.336 e. The monoisotopic (exact) mass is 261 g/mol. The van der Waals surface area contributed by atoms with E-state index in [9.17, 15) is 4.79 Å². The van der Waals surface area contributed by atoms with Crippen molar-refractivity contribution in [2.45, 2.75) is 26.9 Å². The van der Waals surface area contributed by atoms with Gasteiger partial charge in [0.15, 0.2) is 0 Å². The van der Waals surface area contributed by atoms with Crippen molar-refractivity contribution >= 4 is 5.91 Å². The van der Waals surface area contributed by atoms with Gasteiger partial charge >= 0.3 is 0 Å². The molecule has 0 aliphatic rings. The Balaban J connectivity index is 2.09. The van der Waals surface area contributed by atoms with Crippen molar-refractivity contribution in [1.29, 1.82) is 0 Å². The molecule has 0 aliphatic heterocycles. The molecular formula is C13H19N5O. The molecule has 1 amide bonds. The Morgan fingerprint density at radius 1 is 1.47 bits per heavy atom. The summed E-state index contributed by atoms with van der Waals surface area (Å²) < 4.78 is 3.46. The summed E-state index contributed by atoms with van der Waals surface area (Å²) in [6, 6.07) is 1.80. The minimum Gasteiger partial charge on any atom is -0.336 e. The van der Waals surface area contributed by atoms with Gasteiger partial charge in [-0.15, -0.1) is 0 Å². The first-order valence-corrected chi connectivity index (χ1v) is 6.28. The number of hydrogen-bond donors (Lipinski definition) is 0. The molecule has 0 radical (unpaired) electrons. The molecule has 0 spiro atoms. The minimum atomic E-state index is -0.0349. The summed E-state index contributed by atoms with van der Waals surface area (Å²) >= 11 is 0. The molecule has 0 aliphatic carbocycles. The lowest BCUT2D eigenvalue weighted by Crippen LogP contribution is -2.27. The maximum Gasteiger partial charge on any atom is 0.272 e. The van der Waals surface area contributed by atoms with Crippen LogP contribution in [0, 0.1) is 6.92 Å². The van der Waals surface area contributed by atoms with E-state index in [-0.39, 0.29) is 5.91 Å². The van der Waals surface area contributed by atoms with Gasteiger partial charge in [0.2, 0.25) is 0 Å². The number of hydrogen-bond acceptors (Lipinski definition) is 3. The fourth-order valence-electron chi connectivity index (χ4n) is 2.01. The summed E-state index contributed by atoms with van der Waals surface area (Å²) in [6.45, 7) is 5.29. The van der Waals surface area contributed by atoms with E-state index in [1.165, 1.54) is 0 Å². The van der Waals surface area contributed by atoms with Crippen LogP contribution in [0.5, 0.6) is 0 Å². The maximum atomic E-state index is 12.3. The van der Waals surface area contributed by atoms with Crippen molar-refractivity contribution in [2.75, 3.05) is 7.05 Å². The summed E-state index contributed by atoms with van der Waals surface area (Å²) in [5.74, 6) is -0.0349. The van der Waals surface area contributed by atoms with E-state index in [0.717, 1.165) is 17.8 Å². The normalized spacial score (nSPS) is 10.7. The molecule has 0 bridgehead atoms. The number of carbonyl (C=O) groups is 1. The highest BCUT2D eigenvalue weighted by Crippen LogP contribution is 2.09. The van der Waals surface area contributed by atoms with Gasteiger partial charge in [-0.3, -0.25) is 14.2 Å². The number of aromatic nitrogens is 4. The predicted molar refractivity (Wildman–Crippen MR) is 71.6 cm³/mol. The van der Waals surface area contributed by atoms with Gasteiger partial charge in [-0.2, -0.15) is 10.2 Å². The van der Waals surface area contributed by atoms with Crippen molar-refractivity contribution in [3.8, 4) is 0 Å². The van der Waals surface area contributed by atoms with E-state index >= 15 is 0 Å². The summed E-state index contributed by atoms with van der Waals surface area (Å²) in [7, 11) is 3.57. The first kappa shape index (κ1) is 13.3. The molecular weight excluding hydrogens is 242 g/mol. The van der Waals surface area contributed by atoms with Gasteiger partial charge < -0.3 is 4.90 Å². The molecule has 2 aromatic rings. The van der Waals surface area contributed by atoms with Crippen LogP contribution in [0.3, 0.4) is 0 Å². The van der Waals surface area contributed by atoms with Crippen LogP contribution in [-0.2, 0) is 20.1 Å². The number of carbonyl (C=O) groups excluding carboxylic acids is 1. The Kier molecular flexibility index (Phi) is 3.69. The van der Waals surface area contributed by atoms with Crippen molar-refractivity contribution in [1.82, 2.24) is 24.5 Å². The fourth-order valence-corrected chi connectivity index (χ4v) is 2.01. The molecule has 6 nitrogen and oxygen atoms in total. The standard InChI is InChI=1S/C13H19N5O/c1-5-18-9-11(7-14-18)8-16(3)13(19)12-6-10(2)15-17(12)4/h6-7,9H,5,8H2,1-4H3. The van der Waals surface area contributed by atoms with Crippen LogP contribution in [0.4, 0.5) is 0 Å². The number of rotatable bonds is 4. The van der Waals surface area contributed by atoms with E-state index in [1.807, 2.05) is 24.7 Å². The molecule has 0 saturated heterocycles. The molecule has 0 saturated carbocycles. The molecule has 0 N–H and O–H groups in total. The summed E-state index contributed by atoms with van der Waals surface area (Å²) in [5, 5.41) is 8.39. The Bertz CT molecular complexity index is 584. The van der Waals surface area contributed by atoms with E-state index in [2.05, 4.69) is 10.2 Å². The smallest absolute Gasteiger partial charge is 0.272 e. The molecule has 102 valence electrons. The van der Waals surface area contributed by atoms with Crippen LogP contribution in [0.25, 0.3) is 0 Å². The van der Waals surface area contributed by atoms with E-state index in [1.54, 1.807) is 35.9 Å². The fraction of sp³-hybridized carbons (Fsp3) is 0.462. The van der Waals surface area contributed by atoms with Gasteiger partial charge in [0.25, 0.3) is 5.91 Å². The molecule has 0 fully saturated rings. The highest BCUT2D eigenvalue weighted by molar-refractivity contribution is 5.92. The Morgan fingerprint density at radius 3 is 2.74 bits per heavy atom. The molecule has 2 heterocycles. The molecule has 0 unspecified atom stereocenters. The third-order valence-electron chi connectivity index (χ3n) is 3.00. The number of nitrogens with zero attached hydrogens (tertiary/aromatic N) is 5. The van der Waals surface area contributed by atoms with Crippen molar-refractivity contribution in [3.63, 3.8) is 0 Å². The lowest BCUT2D eigenvalue weighted by molar-refractivity contribution is 0.0774. The Morgan fingerprint density at radius 2 is 2.21 bits per heavy atom. The van der Waals surface area contributed by atoms with Crippen LogP contribution in [0.2, 0.25) is 0 Å². The van der Waals surface area contributed by atoms with E-state index in [4.69, 9.17) is 0 Å². The Hall–Kier alpha value is -2.11. The van der Waals surface area contributed by atoms with Crippen LogP contribution in [0.15, 0.2) is 18.5 Å². The molecule has 19 heavy (non-hydrogen) atoms. The third-order valence-corrected chi connectivity index (χ3v) is 3.00. The zero-order valence-electron chi connectivity index (χ0n) is 11.8. The van der Waals surface area contributed by atoms with Gasteiger partial charge in [0.05, 0.1) is 11.9 Å². The lowest BCUT2D eigenvalue weighted by Gasteiger charge is -2.15. The van der Waals surface area contributed by atoms with E-state index < -0.39 is 0 Å². The number of aryl methyl sites for hydroxylation is 3. The summed E-state index contributed by atoms with van der Waals surface area (Å²) in [4.78, 5) is 14.0. The first-order valence-electron chi connectivity index (χ1n) is 6.28. The molecule has 6 heteroatoms. The third kappa shape index (κ3) is 2.83. The van der Waals surface area contributed by atoms with Gasteiger partial charge in [-0.1, -0.05) is 0 Å². The Labute approximate surface area is 112 Å². The van der Waals surface area contributed by atoms with Gasteiger partial charge in [-0.25, -0.2) is 0 Å². The number of amides is 1. The maximum absolute atomic E-state index is 12.3. The second-order valence-electron chi connectivity index (χ2n) is 4.66. The molecule has 2 aromatic heterocycles. The summed E-state index contributed by atoms with van der Waals surface area (Å²) in [5.41, 5.74) is 2.47. The minimum absolute atomic E-state index is 0.0349. The van der Waals surface area contributed by atoms with Crippen molar-refractivity contribution in [3.05, 3.63) is 35.4 Å². The SMILES string of the molecule is CCn1cc(CN(C)C(=O)c2cc(C)nn2C)cn1. The second-order valence-corrected chi connectivity index (χ2v) is 4.66. The molecule has 0 aromatic carbocycles. The topological polar surface area (TPSA) is 56.0 Å². The van der Waals surface area contributed by atoms with Gasteiger partial charge in [0.1, 0.15) is 5.69 Å². The zero-order valence-corrected chi connectivity index (χ0v) is 11.8. The van der Waals surface area contributed by atoms with Crippen molar-refractivity contribution in [2.24, 2.45) is 7.05 Å². The quantitative estimate of drug-likeness (QED) is 0.831. The second kappa shape index (κ2) is 5.26.